The smallest absolute Gasteiger partial charge is 0.0491 e. The maximum atomic E-state index is 4.41. The van der Waals surface area contributed by atoms with Gasteiger partial charge < -0.3 is 4.90 Å². The standard InChI is InChI=1S/C30H39N/c1-9-12-13-15-24-17-25-19-29(30(6,7)8)31-20-27(21(4)14-10-2)22(5)16-28(31)26(25)18-23(24)11-3/h16-18,20,29H,4-5,10-11,13-15,19H2,1-3,6-8H3. The average Bonchev–Trinajstić information content (AvgIpc) is 2.71. The van der Waals surface area contributed by atoms with Crippen LogP contribution in [0, 0.1) is 17.3 Å². The first-order chi connectivity index (χ1) is 14.7. The Morgan fingerprint density at radius 2 is 1.94 bits per heavy atom. The fourth-order valence-corrected chi connectivity index (χ4v) is 4.90. The van der Waals surface area contributed by atoms with Gasteiger partial charge in [0.2, 0.25) is 0 Å². The molecule has 0 radical (unpaired) electrons. The summed E-state index contributed by atoms with van der Waals surface area (Å²) in [6.45, 7) is 22.2. The number of fused-ring (bicyclic) bond motifs is 3. The van der Waals surface area contributed by atoms with Gasteiger partial charge in [0.25, 0.3) is 0 Å². The van der Waals surface area contributed by atoms with Gasteiger partial charge in [-0.15, -0.1) is 11.8 Å². The summed E-state index contributed by atoms with van der Waals surface area (Å²) in [5, 5.41) is 0. The van der Waals surface area contributed by atoms with E-state index in [4.69, 9.17) is 0 Å². The second kappa shape index (κ2) is 9.35. The molecule has 31 heavy (non-hydrogen) atoms. The summed E-state index contributed by atoms with van der Waals surface area (Å²) in [7, 11) is 0. The summed E-state index contributed by atoms with van der Waals surface area (Å²) < 4.78 is 0. The normalized spacial score (nSPS) is 17.8. The van der Waals surface area contributed by atoms with E-state index in [1.807, 2.05) is 6.92 Å². The van der Waals surface area contributed by atoms with Crippen LogP contribution in [0.15, 0.2) is 54.3 Å². The lowest BCUT2D eigenvalue weighted by Crippen LogP contribution is -2.45. The molecule has 0 amide bonds. The molecule has 1 aromatic rings. The van der Waals surface area contributed by atoms with Crippen molar-refractivity contribution in [3.8, 4) is 11.8 Å². The van der Waals surface area contributed by atoms with Gasteiger partial charge in [0.1, 0.15) is 0 Å². The molecule has 0 aliphatic carbocycles. The fraction of sp³-hybridized carbons (Fsp3) is 0.467. The van der Waals surface area contributed by atoms with E-state index in [-0.39, 0.29) is 5.41 Å². The van der Waals surface area contributed by atoms with Crippen LogP contribution >= 0.6 is 0 Å². The van der Waals surface area contributed by atoms with Crippen LogP contribution < -0.4 is 0 Å². The summed E-state index contributed by atoms with van der Waals surface area (Å²) in [4.78, 5) is 2.52. The number of rotatable bonds is 6. The molecule has 1 nitrogen and oxygen atoms in total. The quantitative estimate of drug-likeness (QED) is 0.433. The van der Waals surface area contributed by atoms with Crippen LogP contribution in [0.4, 0.5) is 0 Å². The third-order valence-corrected chi connectivity index (χ3v) is 6.66. The first-order valence-electron chi connectivity index (χ1n) is 11.8. The van der Waals surface area contributed by atoms with Gasteiger partial charge >= 0.3 is 0 Å². The molecule has 0 saturated heterocycles. The van der Waals surface area contributed by atoms with Crippen LogP contribution in [0.2, 0.25) is 0 Å². The minimum absolute atomic E-state index is 0.153. The third kappa shape index (κ3) is 4.74. The Labute approximate surface area is 190 Å². The minimum atomic E-state index is 0.153. The molecule has 3 rings (SSSR count). The van der Waals surface area contributed by atoms with Crippen LogP contribution in [0.1, 0.15) is 83.1 Å². The fourth-order valence-electron chi connectivity index (χ4n) is 4.90. The lowest BCUT2D eigenvalue weighted by atomic mass is 9.75. The van der Waals surface area contributed by atoms with Crippen molar-refractivity contribution in [2.24, 2.45) is 5.41 Å². The highest BCUT2D eigenvalue weighted by Gasteiger charge is 2.38. The van der Waals surface area contributed by atoms with E-state index in [0.717, 1.165) is 44.1 Å². The van der Waals surface area contributed by atoms with Gasteiger partial charge in [-0.05, 0) is 83.6 Å². The van der Waals surface area contributed by atoms with Gasteiger partial charge in [0.15, 0.2) is 0 Å². The molecular weight excluding hydrogens is 374 g/mol. The Bertz CT molecular complexity index is 997. The minimum Gasteiger partial charge on any atom is -0.343 e. The molecule has 0 bridgehead atoms. The summed E-state index contributed by atoms with van der Waals surface area (Å²) in [6, 6.07) is 5.31. The number of hydrogen-bond acceptors (Lipinski definition) is 1. The predicted octanol–water partition coefficient (Wildman–Crippen LogP) is 7.63. The van der Waals surface area contributed by atoms with Gasteiger partial charge in [-0.2, -0.15) is 0 Å². The topological polar surface area (TPSA) is 3.24 Å². The number of aryl methyl sites for hydroxylation is 2. The summed E-state index contributed by atoms with van der Waals surface area (Å²) in [5.41, 5.74) is 10.7. The van der Waals surface area contributed by atoms with Gasteiger partial charge in [0.05, 0.1) is 0 Å². The van der Waals surface area contributed by atoms with Crippen molar-refractivity contribution in [3.63, 3.8) is 0 Å². The largest absolute Gasteiger partial charge is 0.343 e. The SMILES string of the molecule is C=C1C=C2c3cc(CC)c(CCC#CC)cc3CC(C(C)(C)C)N2C=C1C(=C)CCC. The molecule has 1 aromatic carbocycles. The van der Waals surface area contributed by atoms with Crippen LogP contribution in [0.3, 0.4) is 0 Å². The lowest BCUT2D eigenvalue weighted by Gasteiger charge is -2.47. The molecule has 1 unspecified atom stereocenters. The molecule has 0 spiro atoms. The Hall–Kier alpha value is -2.46. The Kier molecular flexibility index (Phi) is 7.00. The Morgan fingerprint density at radius 3 is 2.55 bits per heavy atom. The van der Waals surface area contributed by atoms with E-state index < -0.39 is 0 Å². The molecule has 0 N–H and O–H groups in total. The molecule has 1 heteroatoms. The second-order valence-electron chi connectivity index (χ2n) is 10.0. The highest BCUT2D eigenvalue weighted by Crippen LogP contribution is 2.44. The summed E-state index contributed by atoms with van der Waals surface area (Å²) in [5.74, 6) is 6.28. The van der Waals surface area contributed by atoms with E-state index >= 15 is 0 Å². The van der Waals surface area contributed by atoms with E-state index in [1.165, 1.54) is 39.1 Å². The van der Waals surface area contributed by atoms with Crippen molar-refractivity contribution in [1.82, 2.24) is 4.90 Å². The zero-order chi connectivity index (χ0) is 22.8. The van der Waals surface area contributed by atoms with Crippen molar-refractivity contribution in [2.75, 3.05) is 0 Å². The van der Waals surface area contributed by atoms with Gasteiger partial charge in [-0.1, -0.05) is 60.3 Å². The molecule has 1 atom stereocenters. The second-order valence-corrected chi connectivity index (χ2v) is 10.0. The molecule has 2 heterocycles. The van der Waals surface area contributed by atoms with Crippen molar-refractivity contribution in [2.45, 2.75) is 86.1 Å². The average molecular weight is 414 g/mol. The van der Waals surface area contributed by atoms with Crippen LogP contribution in [-0.2, 0) is 19.3 Å². The van der Waals surface area contributed by atoms with Crippen molar-refractivity contribution >= 4 is 5.70 Å². The van der Waals surface area contributed by atoms with E-state index in [2.05, 4.69) is 88.9 Å². The van der Waals surface area contributed by atoms with Crippen molar-refractivity contribution in [3.05, 3.63) is 76.5 Å². The first kappa shape index (κ1) is 23.2. The number of nitrogens with zero attached hydrogens (tertiary/aromatic N) is 1. The van der Waals surface area contributed by atoms with Crippen LogP contribution in [0.5, 0.6) is 0 Å². The van der Waals surface area contributed by atoms with E-state index in [1.54, 1.807) is 0 Å². The third-order valence-electron chi connectivity index (χ3n) is 6.66. The molecular formula is C30H39N. The molecule has 164 valence electrons. The van der Waals surface area contributed by atoms with Crippen molar-refractivity contribution in [1.29, 1.82) is 0 Å². The van der Waals surface area contributed by atoms with Crippen LogP contribution in [-0.4, -0.2) is 10.9 Å². The maximum absolute atomic E-state index is 4.41. The lowest BCUT2D eigenvalue weighted by molar-refractivity contribution is 0.189. The summed E-state index contributed by atoms with van der Waals surface area (Å²) in [6.07, 6.45) is 10.8. The Balaban J connectivity index is 2.11. The molecule has 0 aromatic heterocycles. The maximum Gasteiger partial charge on any atom is 0.0491 e. The highest BCUT2D eigenvalue weighted by atomic mass is 15.2. The number of hydrogen-bond donors (Lipinski definition) is 0. The summed E-state index contributed by atoms with van der Waals surface area (Å²) >= 11 is 0. The zero-order valence-electron chi connectivity index (χ0n) is 20.5. The van der Waals surface area contributed by atoms with E-state index in [0.29, 0.717) is 6.04 Å². The zero-order valence-corrected chi connectivity index (χ0v) is 20.5. The van der Waals surface area contributed by atoms with Gasteiger partial charge in [-0.25, -0.2) is 0 Å². The van der Waals surface area contributed by atoms with Crippen LogP contribution in [0.25, 0.3) is 5.70 Å². The molecule has 0 fully saturated rings. The molecule has 2 aliphatic heterocycles. The highest BCUT2D eigenvalue weighted by molar-refractivity contribution is 5.77. The number of allylic oxidation sites excluding steroid dienone is 4. The first-order valence-corrected chi connectivity index (χ1v) is 11.8. The van der Waals surface area contributed by atoms with Gasteiger partial charge in [-0.3, -0.25) is 0 Å². The van der Waals surface area contributed by atoms with Crippen molar-refractivity contribution < 1.29 is 0 Å². The Morgan fingerprint density at radius 1 is 1.19 bits per heavy atom. The van der Waals surface area contributed by atoms with Gasteiger partial charge in [0, 0.05) is 29.9 Å². The monoisotopic (exact) mass is 413 g/mol. The van der Waals surface area contributed by atoms with E-state index in [9.17, 15) is 0 Å². The predicted molar refractivity (Wildman–Crippen MR) is 136 cm³/mol. The molecule has 2 aliphatic rings. The molecule has 0 saturated carbocycles. The number of benzene rings is 1.